The maximum Gasteiger partial charge on any atom is 0.0681 e. The highest BCUT2D eigenvalue weighted by molar-refractivity contribution is 5.21. The summed E-state index contributed by atoms with van der Waals surface area (Å²) in [5, 5.41) is 11.9. The minimum absolute atomic E-state index is 0.0953. The van der Waals surface area contributed by atoms with Crippen LogP contribution in [0.2, 0.25) is 0 Å². The van der Waals surface area contributed by atoms with Crippen LogP contribution in [0.25, 0.3) is 0 Å². The van der Waals surface area contributed by atoms with Crippen molar-refractivity contribution >= 4 is 0 Å². The molecule has 0 saturated carbocycles. The lowest BCUT2D eigenvalue weighted by Gasteiger charge is -2.02. The van der Waals surface area contributed by atoms with Crippen molar-refractivity contribution in [3.63, 3.8) is 0 Å². The minimum Gasteiger partial charge on any atom is -0.392 e. The van der Waals surface area contributed by atoms with E-state index in [9.17, 15) is 0 Å². The Labute approximate surface area is 78.6 Å². The standard InChI is InChI=1S/C11H13NO/c1-2-7-12-8-10-3-5-11(9-13)6-4-10/h1,3-6,12-13H,7-9H2. The van der Waals surface area contributed by atoms with Gasteiger partial charge in [0.1, 0.15) is 0 Å². The summed E-state index contributed by atoms with van der Waals surface area (Å²) < 4.78 is 0. The summed E-state index contributed by atoms with van der Waals surface area (Å²) in [6.07, 6.45) is 5.09. The third-order valence-electron chi connectivity index (χ3n) is 1.76. The van der Waals surface area contributed by atoms with Crippen molar-refractivity contribution in [1.29, 1.82) is 0 Å². The highest BCUT2D eigenvalue weighted by atomic mass is 16.3. The smallest absolute Gasteiger partial charge is 0.0681 e. The molecule has 2 heteroatoms. The zero-order valence-electron chi connectivity index (χ0n) is 7.46. The van der Waals surface area contributed by atoms with Crippen LogP contribution in [0.3, 0.4) is 0 Å². The zero-order valence-corrected chi connectivity index (χ0v) is 7.46. The summed E-state index contributed by atoms with van der Waals surface area (Å²) in [6.45, 7) is 1.45. The Morgan fingerprint density at radius 2 is 1.85 bits per heavy atom. The summed E-state index contributed by atoms with van der Waals surface area (Å²) >= 11 is 0. The van der Waals surface area contributed by atoms with Gasteiger partial charge in [-0.1, -0.05) is 30.2 Å². The fourth-order valence-corrected chi connectivity index (χ4v) is 1.04. The van der Waals surface area contributed by atoms with Gasteiger partial charge in [0, 0.05) is 6.54 Å². The monoisotopic (exact) mass is 175 g/mol. The number of hydrogen-bond acceptors (Lipinski definition) is 2. The van der Waals surface area contributed by atoms with Crippen LogP contribution in [-0.2, 0) is 13.2 Å². The van der Waals surface area contributed by atoms with Crippen LogP contribution in [0, 0.1) is 12.3 Å². The molecule has 0 fully saturated rings. The largest absolute Gasteiger partial charge is 0.392 e. The van der Waals surface area contributed by atoms with Gasteiger partial charge < -0.3 is 10.4 Å². The topological polar surface area (TPSA) is 32.3 Å². The van der Waals surface area contributed by atoms with Crippen molar-refractivity contribution in [3.8, 4) is 12.3 Å². The predicted octanol–water partition coefficient (Wildman–Crippen LogP) is 0.902. The first kappa shape index (κ1) is 9.79. The number of rotatable bonds is 4. The number of hydrogen-bond donors (Lipinski definition) is 2. The van der Waals surface area contributed by atoms with Gasteiger partial charge in [-0.3, -0.25) is 0 Å². The molecule has 0 aliphatic rings. The van der Waals surface area contributed by atoms with E-state index >= 15 is 0 Å². The average Bonchev–Trinajstić information content (AvgIpc) is 2.19. The Bertz CT molecular complexity index is 284. The Kier molecular flexibility index (Phi) is 4.04. The van der Waals surface area contributed by atoms with E-state index in [1.807, 2.05) is 24.3 Å². The van der Waals surface area contributed by atoms with Crippen molar-refractivity contribution in [2.24, 2.45) is 0 Å². The van der Waals surface area contributed by atoms with Gasteiger partial charge in [0.05, 0.1) is 13.2 Å². The van der Waals surface area contributed by atoms with Crippen LogP contribution in [-0.4, -0.2) is 11.7 Å². The van der Waals surface area contributed by atoms with E-state index in [-0.39, 0.29) is 6.61 Å². The second-order valence-electron chi connectivity index (χ2n) is 2.78. The molecule has 1 rings (SSSR count). The first-order valence-corrected chi connectivity index (χ1v) is 4.19. The van der Waals surface area contributed by atoms with E-state index in [2.05, 4.69) is 11.2 Å². The van der Waals surface area contributed by atoms with E-state index < -0.39 is 0 Å². The molecule has 13 heavy (non-hydrogen) atoms. The maximum atomic E-state index is 8.80. The average molecular weight is 175 g/mol. The van der Waals surface area contributed by atoms with Crippen LogP contribution in [0.1, 0.15) is 11.1 Å². The van der Waals surface area contributed by atoms with Crippen molar-refractivity contribution in [2.45, 2.75) is 13.2 Å². The molecule has 1 aromatic rings. The molecular weight excluding hydrogens is 162 g/mol. The first-order chi connectivity index (χ1) is 6.36. The second-order valence-corrected chi connectivity index (χ2v) is 2.78. The van der Waals surface area contributed by atoms with E-state index in [0.717, 1.165) is 12.1 Å². The van der Waals surface area contributed by atoms with Crippen LogP contribution >= 0.6 is 0 Å². The van der Waals surface area contributed by atoms with E-state index in [4.69, 9.17) is 11.5 Å². The molecule has 0 aromatic heterocycles. The second kappa shape index (κ2) is 5.36. The molecule has 0 bridgehead atoms. The number of aliphatic hydroxyl groups excluding tert-OH is 1. The summed E-state index contributed by atoms with van der Waals surface area (Å²) in [5.74, 6) is 2.51. The third-order valence-corrected chi connectivity index (χ3v) is 1.76. The minimum atomic E-state index is 0.0953. The number of nitrogens with one attached hydrogen (secondary N) is 1. The normalized spacial score (nSPS) is 9.54. The molecule has 0 saturated heterocycles. The number of terminal acetylenes is 1. The summed E-state index contributed by atoms with van der Waals surface area (Å²) in [5.41, 5.74) is 2.10. The molecule has 0 unspecified atom stereocenters. The Morgan fingerprint density at radius 1 is 1.23 bits per heavy atom. The Balaban J connectivity index is 2.45. The van der Waals surface area contributed by atoms with Gasteiger partial charge in [0.15, 0.2) is 0 Å². The molecule has 2 nitrogen and oxygen atoms in total. The van der Waals surface area contributed by atoms with Crippen molar-refractivity contribution < 1.29 is 5.11 Å². The SMILES string of the molecule is C#CCNCc1ccc(CO)cc1. The summed E-state index contributed by atoms with van der Waals surface area (Å²) in [6, 6.07) is 7.78. The van der Waals surface area contributed by atoms with Crippen LogP contribution in [0.15, 0.2) is 24.3 Å². The van der Waals surface area contributed by atoms with Gasteiger partial charge in [-0.25, -0.2) is 0 Å². The first-order valence-electron chi connectivity index (χ1n) is 4.19. The molecule has 0 amide bonds. The van der Waals surface area contributed by atoms with Gasteiger partial charge in [-0.2, -0.15) is 0 Å². The van der Waals surface area contributed by atoms with Crippen molar-refractivity contribution in [1.82, 2.24) is 5.32 Å². The Morgan fingerprint density at radius 3 is 2.38 bits per heavy atom. The van der Waals surface area contributed by atoms with Crippen molar-refractivity contribution in [3.05, 3.63) is 35.4 Å². The molecule has 0 aliphatic heterocycles. The Hall–Kier alpha value is -1.30. The zero-order chi connectivity index (χ0) is 9.52. The maximum absolute atomic E-state index is 8.80. The molecule has 1 aromatic carbocycles. The number of benzene rings is 1. The lowest BCUT2D eigenvalue weighted by molar-refractivity contribution is 0.282. The predicted molar refractivity (Wildman–Crippen MR) is 52.9 cm³/mol. The molecule has 0 radical (unpaired) electrons. The van der Waals surface area contributed by atoms with Gasteiger partial charge in [-0.15, -0.1) is 6.42 Å². The van der Waals surface area contributed by atoms with Gasteiger partial charge >= 0.3 is 0 Å². The van der Waals surface area contributed by atoms with E-state index in [1.54, 1.807) is 0 Å². The lowest BCUT2D eigenvalue weighted by Crippen LogP contribution is -2.12. The fraction of sp³-hybridized carbons (Fsp3) is 0.273. The third kappa shape index (κ3) is 3.29. The molecule has 0 spiro atoms. The lowest BCUT2D eigenvalue weighted by atomic mass is 10.1. The molecule has 68 valence electrons. The fourth-order valence-electron chi connectivity index (χ4n) is 1.04. The van der Waals surface area contributed by atoms with Gasteiger partial charge in [-0.05, 0) is 11.1 Å². The van der Waals surface area contributed by atoms with Crippen LogP contribution < -0.4 is 5.32 Å². The molecular formula is C11H13NO. The molecule has 0 aliphatic carbocycles. The highest BCUT2D eigenvalue weighted by Gasteiger charge is 1.92. The van der Waals surface area contributed by atoms with E-state index in [0.29, 0.717) is 6.54 Å². The highest BCUT2D eigenvalue weighted by Crippen LogP contribution is 2.03. The molecule has 0 heterocycles. The van der Waals surface area contributed by atoms with Crippen LogP contribution in [0.5, 0.6) is 0 Å². The molecule has 0 atom stereocenters. The summed E-state index contributed by atoms with van der Waals surface area (Å²) in [4.78, 5) is 0. The van der Waals surface area contributed by atoms with E-state index in [1.165, 1.54) is 5.56 Å². The number of aliphatic hydroxyl groups is 1. The van der Waals surface area contributed by atoms with Crippen molar-refractivity contribution in [2.75, 3.05) is 6.54 Å². The quantitative estimate of drug-likeness (QED) is 0.526. The van der Waals surface area contributed by atoms with Gasteiger partial charge in [0.2, 0.25) is 0 Å². The van der Waals surface area contributed by atoms with Crippen LogP contribution in [0.4, 0.5) is 0 Å². The summed E-state index contributed by atoms with van der Waals surface area (Å²) in [7, 11) is 0. The van der Waals surface area contributed by atoms with Gasteiger partial charge in [0.25, 0.3) is 0 Å². The molecule has 2 N–H and O–H groups in total.